The summed E-state index contributed by atoms with van der Waals surface area (Å²) in [5.74, 6) is 1.74. The molecule has 2 heterocycles. The molecule has 0 bridgehead atoms. The van der Waals surface area contributed by atoms with Crippen LogP contribution in [0.2, 0.25) is 0 Å². The van der Waals surface area contributed by atoms with Gasteiger partial charge in [0.2, 0.25) is 0 Å². The van der Waals surface area contributed by atoms with Crippen molar-refractivity contribution in [3.63, 3.8) is 0 Å². The fourth-order valence-electron chi connectivity index (χ4n) is 2.69. The van der Waals surface area contributed by atoms with Gasteiger partial charge in [-0.2, -0.15) is 0 Å². The Morgan fingerprint density at radius 2 is 2.44 bits per heavy atom. The number of anilines is 1. The normalized spacial score (nSPS) is 20.1. The van der Waals surface area contributed by atoms with E-state index in [1.165, 1.54) is 18.4 Å². The minimum atomic E-state index is 0.622. The second-order valence-electron chi connectivity index (χ2n) is 4.93. The summed E-state index contributed by atoms with van der Waals surface area (Å²) >= 11 is 0. The van der Waals surface area contributed by atoms with Gasteiger partial charge in [-0.15, -0.1) is 0 Å². The fourth-order valence-corrected chi connectivity index (χ4v) is 2.69. The molecule has 1 aliphatic rings. The molecule has 1 aromatic heterocycles. The van der Waals surface area contributed by atoms with Crippen molar-refractivity contribution in [1.29, 1.82) is 0 Å². The first kappa shape index (κ1) is 13.3. The molecule has 0 radical (unpaired) electrons. The van der Waals surface area contributed by atoms with E-state index in [0.717, 1.165) is 31.9 Å². The maximum atomic E-state index is 5.67. The smallest absolute Gasteiger partial charge is 0.131 e. The van der Waals surface area contributed by atoms with Crippen LogP contribution in [0.3, 0.4) is 0 Å². The van der Waals surface area contributed by atoms with Gasteiger partial charge in [-0.3, -0.25) is 0 Å². The zero-order chi connectivity index (χ0) is 12.8. The predicted molar refractivity (Wildman–Crippen MR) is 73.8 cm³/mol. The maximum absolute atomic E-state index is 5.67. The lowest BCUT2D eigenvalue weighted by Gasteiger charge is -2.34. The average molecular weight is 249 g/mol. The average Bonchev–Trinajstić information content (AvgIpc) is 2.40. The van der Waals surface area contributed by atoms with Gasteiger partial charge in [-0.1, -0.05) is 6.07 Å². The molecule has 18 heavy (non-hydrogen) atoms. The van der Waals surface area contributed by atoms with Crippen LogP contribution in [0.1, 0.15) is 18.4 Å². The van der Waals surface area contributed by atoms with E-state index in [2.05, 4.69) is 16.0 Å². The third kappa shape index (κ3) is 3.21. The van der Waals surface area contributed by atoms with Crippen molar-refractivity contribution in [2.24, 2.45) is 11.7 Å². The first-order chi connectivity index (χ1) is 8.85. The second kappa shape index (κ2) is 6.71. The summed E-state index contributed by atoms with van der Waals surface area (Å²) < 4.78 is 5.28. The van der Waals surface area contributed by atoms with Gasteiger partial charge in [-0.05, 0) is 43.4 Å². The summed E-state index contributed by atoms with van der Waals surface area (Å²) in [4.78, 5) is 6.93. The Morgan fingerprint density at radius 3 is 3.22 bits per heavy atom. The lowest BCUT2D eigenvalue weighted by molar-refractivity contribution is 0.143. The Morgan fingerprint density at radius 1 is 1.56 bits per heavy atom. The van der Waals surface area contributed by atoms with Crippen molar-refractivity contribution in [3.8, 4) is 0 Å². The number of pyridine rings is 1. The van der Waals surface area contributed by atoms with Gasteiger partial charge in [0.15, 0.2) is 0 Å². The number of rotatable bonds is 5. The van der Waals surface area contributed by atoms with Crippen LogP contribution < -0.4 is 10.6 Å². The Labute approximate surface area is 109 Å². The molecular formula is C14H23N3O. The third-order valence-electron chi connectivity index (χ3n) is 3.50. The molecule has 1 atom stereocenters. The Balaban J connectivity index is 2.10. The van der Waals surface area contributed by atoms with Crippen LogP contribution >= 0.6 is 0 Å². The highest BCUT2D eigenvalue weighted by Gasteiger charge is 2.22. The van der Waals surface area contributed by atoms with Crippen molar-refractivity contribution in [1.82, 2.24) is 4.98 Å². The first-order valence-electron chi connectivity index (χ1n) is 6.73. The zero-order valence-electron chi connectivity index (χ0n) is 11.1. The molecule has 4 nitrogen and oxygen atoms in total. The Kier molecular flexibility index (Phi) is 4.96. The number of hydrogen-bond donors (Lipinski definition) is 1. The van der Waals surface area contributed by atoms with Gasteiger partial charge in [0.1, 0.15) is 5.82 Å². The molecule has 2 rings (SSSR count). The summed E-state index contributed by atoms with van der Waals surface area (Å²) in [6.07, 6.45) is 5.24. The van der Waals surface area contributed by atoms with Crippen LogP contribution in [0.5, 0.6) is 0 Å². The number of nitrogens with zero attached hydrogens (tertiary/aromatic N) is 2. The molecule has 4 heteroatoms. The maximum Gasteiger partial charge on any atom is 0.131 e. The van der Waals surface area contributed by atoms with Gasteiger partial charge in [0, 0.05) is 26.4 Å². The van der Waals surface area contributed by atoms with Crippen LogP contribution in [-0.2, 0) is 11.2 Å². The molecule has 0 aromatic carbocycles. The lowest BCUT2D eigenvalue weighted by atomic mass is 9.98. The van der Waals surface area contributed by atoms with E-state index in [9.17, 15) is 0 Å². The van der Waals surface area contributed by atoms with Crippen molar-refractivity contribution >= 4 is 5.82 Å². The van der Waals surface area contributed by atoms with Crippen LogP contribution in [0.25, 0.3) is 0 Å². The molecule has 1 aromatic rings. The van der Waals surface area contributed by atoms with Crippen molar-refractivity contribution in [2.75, 3.05) is 38.3 Å². The van der Waals surface area contributed by atoms with E-state index >= 15 is 0 Å². The van der Waals surface area contributed by atoms with Crippen LogP contribution in [0, 0.1) is 5.92 Å². The van der Waals surface area contributed by atoms with Crippen molar-refractivity contribution < 1.29 is 4.74 Å². The molecule has 0 aliphatic carbocycles. The minimum absolute atomic E-state index is 0.622. The van der Waals surface area contributed by atoms with Crippen LogP contribution in [-0.4, -0.2) is 38.3 Å². The predicted octanol–water partition coefficient (Wildman–Crippen LogP) is 1.45. The summed E-state index contributed by atoms with van der Waals surface area (Å²) in [5.41, 5.74) is 6.93. The highest BCUT2D eigenvalue weighted by Crippen LogP contribution is 2.24. The number of hydrogen-bond acceptors (Lipinski definition) is 4. The van der Waals surface area contributed by atoms with Gasteiger partial charge in [0.25, 0.3) is 0 Å². The zero-order valence-corrected chi connectivity index (χ0v) is 11.1. The van der Waals surface area contributed by atoms with E-state index in [1.807, 2.05) is 12.3 Å². The SMILES string of the molecule is COCC1CCCN(c2ncccc2CCN)C1. The third-order valence-corrected chi connectivity index (χ3v) is 3.50. The van der Waals surface area contributed by atoms with Crippen molar-refractivity contribution in [2.45, 2.75) is 19.3 Å². The number of nitrogens with two attached hydrogens (primary N) is 1. The fraction of sp³-hybridized carbons (Fsp3) is 0.643. The van der Waals surface area contributed by atoms with Gasteiger partial charge < -0.3 is 15.4 Å². The molecule has 0 amide bonds. The number of ether oxygens (including phenoxy) is 1. The summed E-state index contributed by atoms with van der Waals surface area (Å²) in [5, 5.41) is 0. The van der Waals surface area contributed by atoms with Gasteiger partial charge in [0.05, 0.1) is 6.61 Å². The molecule has 100 valence electrons. The monoisotopic (exact) mass is 249 g/mol. The Hall–Kier alpha value is -1.13. The molecule has 1 unspecified atom stereocenters. The largest absolute Gasteiger partial charge is 0.384 e. The van der Waals surface area contributed by atoms with E-state index in [4.69, 9.17) is 10.5 Å². The van der Waals surface area contributed by atoms with E-state index in [0.29, 0.717) is 12.5 Å². The Bertz CT molecular complexity index is 368. The quantitative estimate of drug-likeness (QED) is 0.858. The van der Waals surface area contributed by atoms with E-state index in [-0.39, 0.29) is 0 Å². The molecule has 0 spiro atoms. The van der Waals surface area contributed by atoms with E-state index < -0.39 is 0 Å². The molecule has 2 N–H and O–H groups in total. The number of piperidine rings is 1. The van der Waals surface area contributed by atoms with Gasteiger partial charge in [-0.25, -0.2) is 4.98 Å². The lowest BCUT2D eigenvalue weighted by Crippen LogP contribution is -2.38. The highest BCUT2D eigenvalue weighted by molar-refractivity contribution is 5.47. The molecular weight excluding hydrogens is 226 g/mol. The molecule has 1 fully saturated rings. The van der Waals surface area contributed by atoms with Crippen molar-refractivity contribution in [3.05, 3.63) is 23.9 Å². The molecule has 1 aliphatic heterocycles. The number of aromatic nitrogens is 1. The minimum Gasteiger partial charge on any atom is -0.384 e. The first-order valence-corrected chi connectivity index (χ1v) is 6.73. The molecule has 1 saturated heterocycles. The van der Waals surface area contributed by atoms with E-state index in [1.54, 1.807) is 7.11 Å². The second-order valence-corrected chi connectivity index (χ2v) is 4.93. The summed E-state index contributed by atoms with van der Waals surface area (Å²) in [6, 6.07) is 4.13. The van der Waals surface area contributed by atoms with Crippen LogP contribution in [0.15, 0.2) is 18.3 Å². The van der Waals surface area contributed by atoms with Gasteiger partial charge >= 0.3 is 0 Å². The summed E-state index contributed by atoms with van der Waals surface area (Å²) in [7, 11) is 1.78. The van der Waals surface area contributed by atoms with Crippen LogP contribution in [0.4, 0.5) is 5.82 Å². The standard InChI is InChI=1S/C14H23N3O/c1-18-11-12-4-3-9-17(10-12)14-13(6-7-15)5-2-8-16-14/h2,5,8,12H,3-4,6-7,9-11,15H2,1H3. The topological polar surface area (TPSA) is 51.4 Å². The highest BCUT2D eigenvalue weighted by atomic mass is 16.5. The molecule has 0 saturated carbocycles. The summed E-state index contributed by atoms with van der Waals surface area (Å²) in [6.45, 7) is 3.65. The number of methoxy groups -OCH3 is 1.